The second kappa shape index (κ2) is 8.01. The Kier molecular flexibility index (Phi) is 5.11. The highest BCUT2D eigenvalue weighted by Crippen LogP contribution is 2.19. The molecule has 1 N–H and O–H groups in total. The molecule has 4 heterocycles. The zero-order valence-electron chi connectivity index (χ0n) is 15.1. The molecule has 0 aliphatic rings. The number of carbonyl (C=O) groups is 1. The maximum absolute atomic E-state index is 12.7. The lowest BCUT2D eigenvalue weighted by Crippen LogP contribution is -2.17. The molecule has 1 amide bonds. The lowest BCUT2D eigenvalue weighted by atomic mass is 10.2. The summed E-state index contributed by atoms with van der Waals surface area (Å²) in [5, 5.41) is 5.27. The van der Waals surface area contributed by atoms with Crippen molar-refractivity contribution in [2.24, 2.45) is 0 Å². The van der Waals surface area contributed by atoms with Gasteiger partial charge < -0.3 is 8.98 Å². The Labute approximate surface area is 165 Å². The molecule has 0 aliphatic heterocycles. The van der Waals surface area contributed by atoms with E-state index in [2.05, 4.69) is 20.3 Å². The van der Waals surface area contributed by atoms with E-state index >= 15 is 0 Å². The second-order valence-electron chi connectivity index (χ2n) is 6.03. The van der Waals surface area contributed by atoms with Crippen LogP contribution in [0.4, 0.5) is 5.13 Å². The van der Waals surface area contributed by atoms with Crippen LogP contribution in [0.5, 0.6) is 0 Å². The van der Waals surface area contributed by atoms with Crippen LogP contribution in [0.3, 0.4) is 0 Å². The summed E-state index contributed by atoms with van der Waals surface area (Å²) in [7, 11) is 0. The third-order valence-electron chi connectivity index (χ3n) is 3.97. The smallest absolute Gasteiger partial charge is 0.274 e. The monoisotopic (exact) mass is 391 g/mol. The SMILES string of the molecule is Cc1nc(/C=C/c2csc(NC(=O)c3cccn3Cc3ccncc3)n2)co1. The molecule has 0 saturated carbocycles. The van der Waals surface area contributed by atoms with E-state index < -0.39 is 0 Å². The largest absolute Gasteiger partial charge is 0.449 e. The van der Waals surface area contributed by atoms with Crippen molar-refractivity contribution in [3.8, 4) is 0 Å². The van der Waals surface area contributed by atoms with Gasteiger partial charge in [0, 0.05) is 37.4 Å². The van der Waals surface area contributed by atoms with Crippen LogP contribution in [0, 0.1) is 6.92 Å². The minimum absolute atomic E-state index is 0.198. The Hall–Kier alpha value is -3.52. The van der Waals surface area contributed by atoms with Crippen molar-refractivity contribution in [2.75, 3.05) is 5.32 Å². The molecule has 0 fully saturated rings. The van der Waals surface area contributed by atoms with E-state index in [4.69, 9.17) is 4.42 Å². The fourth-order valence-electron chi connectivity index (χ4n) is 2.65. The minimum Gasteiger partial charge on any atom is -0.449 e. The topological polar surface area (TPSA) is 85.8 Å². The van der Waals surface area contributed by atoms with Crippen LogP contribution < -0.4 is 5.32 Å². The predicted molar refractivity (Wildman–Crippen MR) is 108 cm³/mol. The van der Waals surface area contributed by atoms with Gasteiger partial charge in [-0.2, -0.15) is 0 Å². The molecule has 4 rings (SSSR count). The Bertz CT molecular complexity index is 1110. The number of hydrogen-bond acceptors (Lipinski definition) is 6. The van der Waals surface area contributed by atoms with Crippen LogP contribution >= 0.6 is 11.3 Å². The maximum atomic E-state index is 12.7. The van der Waals surface area contributed by atoms with Crippen LogP contribution in [-0.2, 0) is 6.54 Å². The van der Waals surface area contributed by atoms with Gasteiger partial charge >= 0.3 is 0 Å². The van der Waals surface area contributed by atoms with Crippen LogP contribution in [0.2, 0.25) is 0 Å². The van der Waals surface area contributed by atoms with E-state index in [9.17, 15) is 4.79 Å². The van der Waals surface area contributed by atoms with E-state index in [-0.39, 0.29) is 5.91 Å². The van der Waals surface area contributed by atoms with Crippen LogP contribution in [0.25, 0.3) is 12.2 Å². The zero-order valence-corrected chi connectivity index (χ0v) is 15.9. The number of rotatable bonds is 6. The molecule has 0 aromatic carbocycles. The van der Waals surface area contributed by atoms with Gasteiger partial charge in [0.05, 0.1) is 5.69 Å². The van der Waals surface area contributed by atoms with Crippen LogP contribution in [-0.4, -0.2) is 25.4 Å². The molecule has 8 heteroatoms. The second-order valence-corrected chi connectivity index (χ2v) is 6.89. The van der Waals surface area contributed by atoms with Crippen LogP contribution in [0.1, 0.15) is 33.3 Å². The van der Waals surface area contributed by atoms with E-state index in [0.29, 0.717) is 23.3 Å². The van der Waals surface area contributed by atoms with Gasteiger partial charge in [-0.25, -0.2) is 9.97 Å². The zero-order chi connectivity index (χ0) is 19.3. The number of anilines is 1. The molecule has 28 heavy (non-hydrogen) atoms. The van der Waals surface area contributed by atoms with Crippen molar-refractivity contribution in [1.29, 1.82) is 0 Å². The summed E-state index contributed by atoms with van der Waals surface area (Å²) in [6, 6.07) is 7.50. The van der Waals surface area contributed by atoms with Crippen molar-refractivity contribution in [3.05, 3.63) is 83.0 Å². The Morgan fingerprint density at radius 1 is 1.21 bits per heavy atom. The van der Waals surface area contributed by atoms with Crippen molar-refractivity contribution >= 4 is 34.5 Å². The van der Waals surface area contributed by atoms with Crippen molar-refractivity contribution in [1.82, 2.24) is 19.5 Å². The minimum atomic E-state index is -0.198. The Morgan fingerprint density at radius 2 is 2.04 bits per heavy atom. The highest BCUT2D eigenvalue weighted by molar-refractivity contribution is 7.14. The molecule has 4 aromatic heterocycles. The van der Waals surface area contributed by atoms with Crippen molar-refractivity contribution in [3.63, 3.8) is 0 Å². The molecule has 0 bridgehead atoms. The van der Waals surface area contributed by atoms with E-state index in [1.54, 1.807) is 31.6 Å². The Balaban J connectivity index is 1.43. The van der Waals surface area contributed by atoms with Gasteiger partial charge in [-0.1, -0.05) is 0 Å². The normalized spacial score (nSPS) is 11.2. The first kappa shape index (κ1) is 17.9. The third-order valence-corrected chi connectivity index (χ3v) is 4.74. The summed E-state index contributed by atoms with van der Waals surface area (Å²) < 4.78 is 7.06. The molecular weight excluding hydrogens is 374 g/mol. The lowest BCUT2D eigenvalue weighted by Gasteiger charge is -2.08. The molecule has 0 radical (unpaired) electrons. The van der Waals surface area contributed by atoms with Gasteiger partial charge in [-0.3, -0.25) is 15.1 Å². The van der Waals surface area contributed by atoms with Gasteiger partial charge in [0.25, 0.3) is 5.91 Å². The number of oxazole rings is 1. The molecule has 4 aromatic rings. The Morgan fingerprint density at radius 3 is 2.82 bits per heavy atom. The molecular formula is C20H17N5O2S. The number of carbonyl (C=O) groups excluding carboxylic acids is 1. The summed E-state index contributed by atoms with van der Waals surface area (Å²) in [5.41, 5.74) is 3.12. The van der Waals surface area contributed by atoms with Gasteiger partial charge in [0.2, 0.25) is 0 Å². The fraction of sp³-hybridized carbons (Fsp3) is 0.100. The number of amides is 1. The molecule has 0 atom stereocenters. The van der Waals surface area contributed by atoms with Gasteiger partial charge in [0.1, 0.15) is 17.7 Å². The fourth-order valence-corrected chi connectivity index (χ4v) is 3.33. The number of nitrogens with one attached hydrogen (secondary N) is 1. The molecule has 0 unspecified atom stereocenters. The summed E-state index contributed by atoms with van der Waals surface area (Å²) in [6.07, 6.45) is 10.6. The predicted octanol–water partition coefficient (Wildman–Crippen LogP) is 4.11. The first-order valence-electron chi connectivity index (χ1n) is 8.58. The van der Waals surface area contributed by atoms with Gasteiger partial charge in [-0.05, 0) is 42.0 Å². The number of pyridine rings is 1. The molecule has 7 nitrogen and oxygen atoms in total. The standard InChI is InChI=1S/C20H17N5O2S/c1-14-22-16(12-27-14)4-5-17-13-28-20(23-17)24-19(26)18-3-2-10-25(18)11-15-6-8-21-9-7-15/h2-10,12-13H,11H2,1H3,(H,23,24,26)/b5-4+. The molecule has 140 valence electrons. The average molecular weight is 391 g/mol. The van der Waals surface area contributed by atoms with E-state index in [1.165, 1.54) is 11.3 Å². The first-order valence-corrected chi connectivity index (χ1v) is 9.46. The number of nitrogens with zero attached hydrogens (tertiary/aromatic N) is 4. The van der Waals surface area contributed by atoms with E-state index in [1.807, 2.05) is 46.5 Å². The number of aromatic nitrogens is 4. The summed E-state index contributed by atoms with van der Waals surface area (Å²) in [4.78, 5) is 25.3. The lowest BCUT2D eigenvalue weighted by molar-refractivity contribution is 0.101. The summed E-state index contributed by atoms with van der Waals surface area (Å²) in [5.74, 6) is 0.414. The number of aryl methyl sites for hydroxylation is 1. The molecule has 0 aliphatic carbocycles. The van der Waals surface area contributed by atoms with Crippen molar-refractivity contribution in [2.45, 2.75) is 13.5 Å². The maximum Gasteiger partial charge on any atom is 0.274 e. The average Bonchev–Trinajstić information content (AvgIpc) is 3.42. The first-order chi connectivity index (χ1) is 13.7. The number of hydrogen-bond donors (Lipinski definition) is 1. The summed E-state index contributed by atoms with van der Waals surface area (Å²) in [6.45, 7) is 2.39. The van der Waals surface area contributed by atoms with E-state index in [0.717, 1.165) is 17.0 Å². The van der Waals surface area contributed by atoms with Gasteiger partial charge in [0.15, 0.2) is 11.0 Å². The van der Waals surface area contributed by atoms with Crippen LogP contribution in [0.15, 0.2) is 58.9 Å². The molecule has 0 spiro atoms. The molecule has 0 saturated heterocycles. The quantitative estimate of drug-likeness (QED) is 0.535. The summed E-state index contributed by atoms with van der Waals surface area (Å²) >= 11 is 1.37. The van der Waals surface area contributed by atoms with Crippen molar-refractivity contribution < 1.29 is 9.21 Å². The number of thiazole rings is 1. The van der Waals surface area contributed by atoms with Gasteiger partial charge in [-0.15, -0.1) is 11.3 Å². The highest BCUT2D eigenvalue weighted by atomic mass is 32.1. The third kappa shape index (κ3) is 4.24. The highest BCUT2D eigenvalue weighted by Gasteiger charge is 2.13.